The average Bonchev–Trinajstić information content (AvgIpc) is 2.33. The van der Waals surface area contributed by atoms with Crippen LogP contribution in [0.3, 0.4) is 0 Å². The molecule has 18 heavy (non-hydrogen) atoms. The molecule has 0 radical (unpaired) electrons. The Bertz CT molecular complexity index is 373. The molecule has 0 unspecified atom stereocenters. The number of hydrogen-bond acceptors (Lipinski definition) is 4. The molecule has 0 aliphatic carbocycles. The van der Waals surface area contributed by atoms with Crippen LogP contribution in [0.5, 0.6) is 0 Å². The third-order valence-corrected chi connectivity index (χ3v) is 2.07. The number of nitriles is 1. The van der Waals surface area contributed by atoms with Gasteiger partial charge in [0, 0.05) is 0 Å². The fraction of sp³-hybridized carbons (Fsp3) is 0.500. The summed E-state index contributed by atoms with van der Waals surface area (Å²) in [7, 11) is 0. The summed E-state index contributed by atoms with van der Waals surface area (Å²) in [6, 6.07) is 0.824. The van der Waals surface area contributed by atoms with Gasteiger partial charge in [0.25, 0.3) is 0 Å². The molecule has 6 nitrogen and oxygen atoms in total. The number of nitrogens with one attached hydrogen (secondary N) is 2. The topological polar surface area (TPSA) is 91.2 Å². The van der Waals surface area contributed by atoms with Crippen molar-refractivity contribution in [3.8, 4) is 6.07 Å². The van der Waals surface area contributed by atoms with Gasteiger partial charge in [-0.3, -0.25) is 10.1 Å². The Hall–Kier alpha value is -1.45. The van der Waals surface area contributed by atoms with Gasteiger partial charge in [0.05, 0.1) is 6.61 Å². The number of esters is 1. The predicted molar refractivity (Wildman–Crippen MR) is 66.7 cm³/mol. The van der Waals surface area contributed by atoms with Crippen molar-refractivity contribution in [2.45, 2.75) is 19.8 Å². The maximum absolute atomic E-state index is 11.2. The smallest absolute Gasteiger partial charge is 0.325 e. The van der Waals surface area contributed by atoms with Crippen LogP contribution in [0.4, 0.5) is 4.79 Å². The minimum Gasteiger partial charge on any atom is -0.464 e. The van der Waals surface area contributed by atoms with Gasteiger partial charge >= 0.3 is 12.0 Å². The zero-order chi connectivity index (χ0) is 14.0. The van der Waals surface area contributed by atoms with E-state index in [0.29, 0.717) is 6.61 Å². The Kier molecular flexibility index (Phi) is 8.80. The SMILES string of the molecule is CCCCOC(=O)CNC(=O)NC(C#N)=C(Cl)Cl. The Morgan fingerprint density at radius 2 is 2.06 bits per heavy atom. The molecule has 0 heterocycles. The van der Waals surface area contributed by atoms with Crippen LogP contribution in [0.15, 0.2) is 10.2 Å². The molecule has 0 saturated carbocycles. The third kappa shape index (κ3) is 7.76. The fourth-order valence-electron chi connectivity index (χ4n) is 0.809. The van der Waals surface area contributed by atoms with Crippen LogP contribution in [0.2, 0.25) is 0 Å². The summed E-state index contributed by atoms with van der Waals surface area (Å²) in [4.78, 5) is 22.3. The van der Waals surface area contributed by atoms with E-state index in [-0.39, 0.29) is 16.7 Å². The number of unbranched alkanes of at least 4 members (excludes halogenated alkanes) is 1. The highest BCUT2D eigenvalue weighted by Gasteiger charge is 2.09. The summed E-state index contributed by atoms with van der Waals surface area (Å²) in [5.41, 5.74) is -0.296. The van der Waals surface area contributed by atoms with Crippen LogP contribution in [-0.2, 0) is 9.53 Å². The first-order chi connectivity index (χ1) is 8.51. The second-order valence-corrected chi connectivity index (χ2v) is 4.08. The lowest BCUT2D eigenvalue weighted by Gasteiger charge is -2.06. The standard InChI is InChI=1S/C10H13Cl2N3O3/c1-2-3-4-18-8(16)6-14-10(17)15-7(5-13)9(11)12/h2-4,6H2,1H3,(H2,14,15,17). The van der Waals surface area contributed by atoms with E-state index in [1.54, 1.807) is 6.07 Å². The first kappa shape index (κ1) is 16.6. The van der Waals surface area contributed by atoms with Gasteiger partial charge in [-0.2, -0.15) is 5.26 Å². The Labute approximate surface area is 115 Å². The lowest BCUT2D eigenvalue weighted by molar-refractivity contribution is -0.142. The highest BCUT2D eigenvalue weighted by atomic mass is 35.5. The van der Waals surface area contributed by atoms with Crippen LogP contribution in [-0.4, -0.2) is 25.2 Å². The molecule has 0 aromatic rings. The number of allylic oxidation sites excluding steroid dienone is 1. The number of carbonyl (C=O) groups is 2. The minimum atomic E-state index is -0.766. The fourth-order valence-corrected chi connectivity index (χ4v) is 0.988. The average molecular weight is 294 g/mol. The molecule has 0 rings (SSSR count). The molecule has 0 spiro atoms. The summed E-state index contributed by atoms with van der Waals surface area (Å²) < 4.78 is 4.44. The number of rotatable bonds is 6. The number of carbonyl (C=O) groups excluding carboxylic acids is 2. The van der Waals surface area contributed by atoms with Crippen molar-refractivity contribution in [1.29, 1.82) is 5.26 Å². The number of ether oxygens (including phenoxy) is 1. The maximum Gasteiger partial charge on any atom is 0.325 e. The second-order valence-electron chi connectivity index (χ2n) is 3.13. The Balaban J connectivity index is 3.94. The van der Waals surface area contributed by atoms with Crippen LogP contribution in [0, 0.1) is 11.3 Å². The zero-order valence-electron chi connectivity index (χ0n) is 9.76. The van der Waals surface area contributed by atoms with E-state index in [2.05, 4.69) is 10.6 Å². The highest BCUT2D eigenvalue weighted by molar-refractivity contribution is 6.56. The molecule has 8 heteroatoms. The number of nitrogens with zero attached hydrogens (tertiary/aromatic N) is 1. The van der Waals surface area contributed by atoms with Crippen molar-refractivity contribution in [2.24, 2.45) is 0 Å². The van der Waals surface area contributed by atoms with Crippen molar-refractivity contribution < 1.29 is 14.3 Å². The van der Waals surface area contributed by atoms with Crippen molar-refractivity contribution in [3.05, 3.63) is 10.2 Å². The number of halogens is 2. The van der Waals surface area contributed by atoms with E-state index in [1.807, 2.05) is 6.92 Å². The first-order valence-corrected chi connectivity index (χ1v) is 5.92. The van der Waals surface area contributed by atoms with Gasteiger partial charge in [-0.15, -0.1) is 0 Å². The van der Waals surface area contributed by atoms with Crippen LogP contribution in [0.1, 0.15) is 19.8 Å². The highest BCUT2D eigenvalue weighted by Crippen LogP contribution is 2.10. The van der Waals surface area contributed by atoms with Crippen molar-refractivity contribution in [3.63, 3.8) is 0 Å². The summed E-state index contributed by atoms with van der Waals surface area (Å²) >= 11 is 10.6. The molecule has 2 amide bonds. The molecule has 0 atom stereocenters. The lowest BCUT2D eigenvalue weighted by Crippen LogP contribution is -2.38. The molecule has 0 aromatic carbocycles. The Morgan fingerprint density at radius 1 is 1.39 bits per heavy atom. The maximum atomic E-state index is 11.2. The first-order valence-electron chi connectivity index (χ1n) is 5.17. The van der Waals surface area contributed by atoms with E-state index < -0.39 is 12.0 Å². The molecule has 0 saturated heterocycles. The van der Waals surface area contributed by atoms with Crippen molar-refractivity contribution >= 4 is 35.2 Å². The van der Waals surface area contributed by atoms with E-state index in [4.69, 9.17) is 33.2 Å². The van der Waals surface area contributed by atoms with Crippen LogP contribution < -0.4 is 10.6 Å². The number of amides is 2. The molecule has 2 N–H and O–H groups in total. The molecule has 100 valence electrons. The quantitative estimate of drug-likeness (QED) is 0.444. The summed E-state index contributed by atoms with van der Waals surface area (Å²) in [6.45, 7) is 1.98. The van der Waals surface area contributed by atoms with Gasteiger partial charge in [-0.1, -0.05) is 36.5 Å². The molecule has 0 aromatic heterocycles. The van der Waals surface area contributed by atoms with Gasteiger partial charge in [-0.05, 0) is 6.42 Å². The van der Waals surface area contributed by atoms with E-state index in [1.165, 1.54) is 0 Å². The molecule has 0 aliphatic rings. The summed E-state index contributed by atoms with van der Waals surface area (Å²) in [6.07, 6.45) is 1.67. The van der Waals surface area contributed by atoms with Gasteiger partial charge in [-0.25, -0.2) is 4.79 Å². The molecule has 0 fully saturated rings. The van der Waals surface area contributed by atoms with Crippen molar-refractivity contribution in [2.75, 3.05) is 13.2 Å². The molecule has 0 aliphatic heterocycles. The third-order valence-electron chi connectivity index (χ3n) is 1.69. The molecule has 0 bridgehead atoms. The normalized spacial score (nSPS) is 9.00. The molecular weight excluding hydrogens is 281 g/mol. The largest absolute Gasteiger partial charge is 0.464 e. The van der Waals surface area contributed by atoms with Gasteiger partial charge in [0.15, 0.2) is 5.70 Å². The predicted octanol–water partition coefficient (Wildman–Crippen LogP) is 1.80. The van der Waals surface area contributed by atoms with E-state index in [9.17, 15) is 9.59 Å². The summed E-state index contributed by atoms with van der Waals surface area (Å²) in [5.74, 6) is -0.557. The van der Waals surface area contributed by atoms with Crippen molar-refractivity contribution in [1.82, 2.24) is 10.6 Å². The number of urea groups is 1. The van der Waals surface area contributed by atoms with Crippen LogP contribution in [0.25, 0.3) is 0 Å². The second kappa shape index (κ2) is 9.57. The molecular formula is C10H13Cl2N3O3. The monoisotopic (exact) mass is 293 g/mol. The number of hydrogen-bond donors (Lipinski definition) is 2. The van der Waals surface area contributed by atoms with Gasteiger partial charge in [0.2, 0.25) is 0 Å². The van der Waals surface area contributed by atoms with E-state index >= 15 is 0 Å². The Morgan fingerprint density at radius 3 is 2.56 bits per heavy atom. The van der Waals surface area contributed by atoms with Crippen LogP contribution >= 0.6 is 23.2 Å². The zero-order valence-corrected chi connectivity index (χ0v) is 11.3. The van der Waals surface area contributed by atoms with Gasteiger partial charge in [0.1, 0.15) is 17.1 Å². The minimum absolute atomic E-state index is 0.296. The van der Waals surface area contributed by atoms with Gasteiger partial charge < -0.3 is 10.1 Å². The van der Waals surface area contributed by atoms with E-state index in [0.717, 1.165) is 12.8 Å². The summed E-state index contributed by atoms with van der Waals surface area (Å²) in [5, 5.41) is 12.8. The lowest BCUT2D eigenvalue weighted by atomic mass is 10.4.